The number of nitrogen functional groups attached to an aromatic ring is 1. The first-order valence-electron chi connectivity index (χ1n) is 5.31. The van der Waals surface area contributed by atoms with Gasteiger partial charge in [-0.05, 0) is 6.92 Å². The Balaban J connectivity index is 1.92. The minimum absolute atomic E-state index is 0.0874. The summed E-state index contributed by atoms with van der Waals surface area (Å²) in [5.41, 5.74) is 5.36. The van der Waals surface area contributed by atoms with E-state index in [9.17, 15) is 4.79 Å². The second-order valence-electron chi connectivity index (χ2n) is 3.89. The molecule has 0 saturated carbocycles. The van der Waals surface area contributed by atoms with Gasteiger partial charge in [0.2, 0.25) is 11.9 Å². The molecule has 3 N–H and O–H groups in total. The Morgan fingerprint density at radius 3 is 2.94 bits per heavy atom. The van der Waals surface area contributed by atoms with Crippen molar-refractivity contribution in [1.82, 2.24) is 34.8 Å². The number of amides is 1. The number of aromatic amines is 1. The molecule has 0 aliphatic rings. The van der Waals surface area contributed by atoms with Crippen LogP contribution in [-0.2, 0) is 17.9 Å². The molecule has 0 aliphatic carbocycles. The number of likely N-dealkylation sites (N-methyl/N-ethyl adjacent to an activating group) is 1. The number of carbonyl (C=O) groups excluding carboxylic acids is 1. The quantitative estimate of drug-likeness (QED) is 0.714. The molecule has 0 aromatic carbocycles. The van der Waals surface area contributed by atoms with E-state index >= 15 is 0 Å². The monoisotopic (exact) mass is 250 g/mol. The summed E-state index contributed by atoms with van der Waals surface area (Å²) in [6.45, 7) is 2.23. The van der Waals surface area contributed by atoms with Crippen molar-refractivity contribution in [1.29, 1.82) is 0 Å². The molecule has 0 spiro atoms. The van der Waals surface area contributed by atoms with Gasteiger partial charge < -0.3 is 10.6 Å². The SMILES string of the molecule is Cc1nc(CN(C)C(=O)Cn2cnc(N)n2)n[nH]1. The Bertz CT molecular complexity index is 544. The molecule has 0 fully saturated rings. The lowest BCUT2D eigenvalue weighted by atomic mass is 10.4. The maximum atomic E-state index is 11.9. The van der Waals surface area contributed by atoms with Gasteiger partial charge >= 0.3 is 0 Å². The topological polar surface area (TPSA) is 119 Å². The zero-order valence-electron chi connectivity index (χ0n) is 10.2. The smallest absolute Gasteiger partial charge is 0.244 e. The Morgan fingerprint density at radius 2 is 2.39 bits per heavy atom. The highest BCUT2D eigenvalue weighted by Crippen LogP contribution is 1.99. The highest BCUT2D eigenvalue weighted by molar-refractivity contribution is 5.75. The molecule has 0 atom stereocenters. The second kappa shape index (κ2) is 4.82. The van der Waals surface area contributed by atoms with E-state index in [1.54, 1.807) is 14.0 Å². The van der Waals surface area contributed by atoms with Gasteiger partial charge in [-0.1, -0.05) is 0 Å². The molecule has 9 nitrogen and oxygen atoms in total. The van der Waals surface area contributed by atoms with E-state index in [4.69, 9.17) is 5.73 Å². The highest BCUT2D eigenvalue weighted by atomic mass is 16.2. The third-order valence-corrected chi connectivity index (χ3v) is 2.30. The predicted octanol–water partition coefficient (Wildman–Crippen LogP) is -1.05. The normalized spacial score (nSPS) is 10.6. The second-order valence-corrected chi connectivity index (χ2v) is 3.89. The van der Waals surface area contributed by atoms with Crippen molar-refractivity contribution in [3.63, 3.8) is 0 Å². The summed E-state index contributed by atoms with van der Waals surface area (Å²) in [6.07, 6.45) is 1.41. The standard InChI is InChI=1S/C9H14N8O/c1-6-12-7(14-13-6)3-16(2)8(18)4-17-5-11-9(10)15-17/h5H,3-4H2,1-2H3,(H2,10,15)(H,12,13,14). The Labute approximate surface area is 103 Å². The number of hydrogen-bond donors (Lipinski definition) is 2. The Morgan fingerprint density at radius 1 is 1.61 bits per heavy atom. The predicted molar refractivity (Wildman–Crippen MR) is 62.0 cm³/mol. The van der Waals surface area contributed by atoms with Gasteiger partial charge in [-0.3, -0.25) is 9.89 Å². The van der Waals surface area contributed by atoms with Crippen molar-refractivity contribution in [3.8, 4) is 0 Å². The number of nitrogens with zero attached hydrogens (tertiary/aromatic N) is 6. The number of anilines is 1. The molecule has 2 heterocycles. The van der Waals surface area contributed by atoms with Crippen molar-refractivity contribution in [2.75, 3.05) is 12.8 Å². The van der Waals surface area contributed by atoms with Crippen molar-refractivity contribution < 1.29 is 4.79 Å². The first-order valence-corrected chi connectivity index (χ1v) is 5.31. The van der Waals surface area contributed by atoms with Crippen LogP contribution in [-0.4, -0.2) is 47.8 Å². The summed E-state index contributed by atoms with van der Waals surface area (Å²) < 4.78 is 1.39. The first-order chi connectivity index (χ1) is 8.54. The van der Waals surface area contributed by atoms with E-state index < -0.39 is 0 Å². The molecule has 2 aromatic heterocycles. The van der Waals surface area contributed by atoms with Crippen molar-refractivity contribution in [2.45, 2.75) is 20.0 Å². The summed E-state index contributed by atoms with van der Waals surface area (Å²) in [5.74, 6) is 1.31. The number of hydrogen-bond acceptors (Lipinski definition) is 6. The van der Waals surface area contributed by atoms with Crippen LogP contribution in [0.5, 0.6) is 0 Å². The molecular formula is C9H14N8O. The van der Waals surface area contributed by atoms with Gasteiger partial charge in [0.05, 0.1) is 6.54 Å². The fourth-order valence-electron chi connectivity index (χ4n) is 1.40. The molecule has 0 bridgehead atoms. The molecule has 1 amide bonds. The van der Waals surface area contributed by atoms with Gasteiger partial charge in [-0.15, -0.1) is 5.10 Å². The molecule has 0 saturated heterocycles. The number of nitrogens with one attached hydrogen (secondary N) is 1. The van der Waals surface area contributed by atoms with Gasteiger partial charge in [0.25, 0.3) is 0 Å². The van der Waals surface area contributed by atoms with Gasteiger partial charge in [0.15, 0.2) is 5.82 Å². The summed E-state index contributed by atoms with van der Waals surface area (Å²) >= 11 is 0. The van der Waals surface area contributed by atoms with Gasteiger partial charge in [0.1, 0.15) is 18.7 Å². The first kappa shape index (κ1) is 12.0. The fourth-order valence-corrected chi connectivity index (χ4v) is 1.40. The average molecular weight is 250 g/mol. The maximum absolute atomic E-state index is 11.9. The maximum Gasteiger partial charge on any atom is 0.244 e. The number of carbonyl (C=O) groups is 1. The fraction of sp³-hybridized carbons (Fsp3) is 0.444. The van der Waals surface area contributed by atoms with Crippen LogP contribution in [0.3, 0.4) is 0 Å². The van der Waals surface area contributed by atoms with Crippen molar-refractivity contribution >= 4 is 11.9 Å². The summed E-state index contributed by atoms with van der Waals surface area (Å²) in [4.78, 5) is 21.3. The van der Waals surface area contributed by atoms with E-state index in [2.05, 4.69) is 25.3 Å². The zero-order valence-corrected chi connectivity index (χ0v) is 10.2. The highest BCUT2D eigenvalue weighted by Gasteiger charge is 2.13. The number of aromatic nitrogens is 6. The van der Waals surface area contributed by atoms with Gasteiger partial charge in [-0.2, -0.15) is 5.10 Å². The minimum Gasteiger partial charge on any atom is -0.367 e. The Kier molecular flexibility index (Phi) is 3.22. The van der Waals surface area contributed by atoms with Crippen LogP contribution >= 0.6 is 0 Å². The lowest BCUT2D eigenvalue weighted by molar-refractivity contribution is -0.131. The number of nitrogens with two attached hydrogens (primary N) is 1. The van der Waals surface area contributed by atoms with E-state index in [0.717, 1.165) is 5.82 Å². The van der Waals surface area contributed by atoms with Gasteiger partial charge in [0, 0.05) is 7.05 Å². The largest absolute Gasteiger partial charge is 0.367 e. The molecule has 2 rings (SSSR count). The molecule has 9 heteroatoms. The number of rotatable bonds is 4. The van der Waals surface area contributed by atoms with Crippen molar-refractivity contribution in [2.24, 2.45) is 0 Å². The van der Waals surface area contributed by atoms with Gasteiger partial charge in [-0.25, -0.2) is 14.6 Å². The van der Waals surface area contributed by atoms with E-state index in [-0.39, 0.29) is 18.4 Å². The molecule has 96 valence electrons. The van der Waals surface area contributed by atoms with Crippen LogP contribution < -0.4 is 5.73 Å². The van der Waals surface area contributed by atoms with E-state index in [1.165, 1.54) is 15.9 Å². The van der Waals surface area contributed by atoms with E-state index in [0.29, 0.717) is 12.4 Å². The molecule has 0 aliphatic heterocycles. The number of aryl methyl sites for hydroxylation is 1. The lowest BCUT2D eigenvalue weighted by Crippen LogP contribution is -2.30. The Hall–Kier alpha value is -2.45. The molecule has 2 aromatic rings. The van der Waals surface area contributed by atoms with Crippen LogP contribution in [0.2, 0.25) is 0 Å². The molecule has 18 heavy (non-hydrogen) atoms. The van der Waals surface area contributed by atoms with Crippen LogP contribution in [0.25, 0.3) is 0 Å². The lowest BCUT2D eigenvalue weighted by Gasteiger charge is -2.14. The van der Waals surface area contributed by atoms with Crippen LogP contribution in [0, 0.1) is 6.92 Å². The van der Waals surface area contributed by atoms with Crippen molar-refractivity contribution in [3.05, 3.63) is 18.0 Å². The third kappa shape index (κ3) is 2.81. The van der Waals surface area contributed by atoms with Crippen LogP contribution in [0.15, 0.2) is 6.33 Å². The molecule has 0 unspecified atom stereocenters. The molecule has 0 radical (unpaired) electrons. The van der Waals surface area contributed by atoms with Crippen LogP contribution in [0.1, 0.15) is 11.6 Å². The van der Waals surface area contributed by atoms with Crippen LogP contribution in [0.4, 0.5) is 5.95 Å². The summed E-state index contributed by atoms with van der Waals surface area (Å²) in [7, 11) is 1.67. The van der Waals surface area contributed by atoms with E-state index in [1.807, 2.05) is 0 Å². The summed E-state index contributed by atoms with van der Waals surface area (Å²) in [5, 5.41) is 10.5. The molecular weight excluding hydrogens is 236 g/mol. The average Bonchev–Trinajstić information content (AvgIpc) is 2.88. The third-order valence-electron chi connectivity index (χ3n) is 2.30. The zero-order chi connectivity index (χ0) is 13.1. The summed E-state index contributed by atoms with van der Waals surface area (Å²) in [6, 6.07) is 0. The minimum atomic E-state index is -0.123. The number of H-pyrrole nitrogens is 1.